The second-order valence-corrected chi connectivity index (χ2v) is 12.5. The number of allylic oxidation sites excluding steroid dienone is 2. The van der Waals surface area contributed by atoms with Crippen LogP contribution in [0.15, 0.2) is 69.0 Å². The number of thioether (sulfide) groups is 1. The molecule has 5 rings (SSSR count). The average Bonchev–Trinajstić information content (AvgIpc) is 3.68. The number of nitrogens with one attached hydrogen (secondary N) is 3. The highest BCUT2D eigenvalue weighted by Gasteiger charge is 2.37. The molecule has 9 nitrogen and oxygen atoms in total. The van der Waals surface area contributed by atoms with Crippen LogP contribution in [0.2, 0.25) is 0 Å². The van der Waals surface area contributed by atoms with Crippen molar-refractivity contribution >= 4 is 51.6 Å². The zero-order valence-corrected chi connectivity index (χ0v) is 26.5. The number of nitriles is 1. The van der Waals surface area contributed by atoms with Crippen molar-refractivity contribution in [1.29, 1.82) is 5.26 Å². The molecular formula is C33H34N4O5S2. The fraction of sp³-hybridized carbons (Fsp3) is 0.333. The summed E-state index contributed by atoms with van der Waals surface area (Å²) in [4.78, 5) is 40.7. The molecule has 228 valence electrons. The first-order valence-corrected chi connectivity index (χ1v) is 16.4. The van der Waals surface area contributed by atoms with Crippen molar-refractivity contribution in [3.8, 4) is 6.07 Å². The SMILES string of the molecule is CCOC(=O)c1c(NC(=O)CSC2=C(C#N)[C@@H](c3ccco3)C(C(=O)Nc3ccc(CC)cc3)=C(C)N2)sc2c1CCCC2. The third-order valence-corrected chi connectivity index (χ3v) is 9.82. The second-order valence-electron chi connectivity index (χ2n) is 10.4. The van der Waals surface area contributed by atoms with Crippen LogP contribution in [0.3, 0.4) is 0 Å². The molecule has 1 aliphatic heterocycles. The fourth-order valence-electron chi connectivity index (χ4n) is 5.46. The Morgan fingerprint density at radius 2 is 1.91 bits per heavy atom. The number of carbonyl (C=O) groups is 3. The van der Waals surface area contributed by atoms with Gasteiger partial charge in [-0.25, -0.2) is 4.79 Å². The summed E-state index contributed by atoms with van der Waals surface area (Å²) in [5.41, 5.74) is 4.40. The van der Waals surface area contributed by atoms with Gasteiger partial charge in [-0.2, -0.15) is 5.26 Å². The van der Waals surface area contributed by atoms with Crippen molar-refractivity contribution in [2.45, 2.75) is 58.8 Å². The van der Waals surface area contributed by atoms with E-state index in [1.807, 2.05) is 24.3 Å². The number of furan rings is 1. The standard InChI is InChI=1S/C33H34N4O5S2/c1-4-20-12-14-21(15-13-20)36-30(39)27-19(3)35-31(23(17-34)28(27)24-10-8-16-42-24)43-18-26(38)37-32-29(33(40)41-5-2)22-9-6-7-11-25(22)44-32/h8,10,12-16,28,35H,4-7,9,11,18H2,1-3H3,(H,36,39)(H,37,38)/t28-/m0/s1. The van der Waals surface area contributed by atoms with E-state index in [1.165, 1.54) is 17.6 Å². The minimum absolute atomic E-state index is 0.0260. The molecule has 3 aromatic rings. The number of amides is 2. The van der Waals surface area contributed by atoms with Gasteiger partial charge in [0.15, 0.2) is 0 Å². The molecule has 2 amide bonds. The lowest BCUT2D eigenvalue weighted by Crippen LogP contribution is -2.31. The summed E-state index contributed by atoms with van der Waals surface area (Å²) in [5.74, 6) is -1.45. The van der Waals surface area contributed by atoms with Crippen molar-refractivity contribution in [3.63, 3.8) is 0 Å². The van der Waals surface area contributed by atoms with Gasteiger partial charge in [0.25, 0.3) is 5.91 Å². The first-order valence-electron chi connectivity index (χ1n) is 14.6. The molecule has 11 heteroatoms. The van der Waals surface area contributed by atoms with Crippen molar-refractivity contribution in [2.75, 3.05) is 23.0 Å². The number of hydrogen-bond acceptors (Lipinski definition) is 9. The maximum Gasteiger partial charge on any atom is 0.341 e. The molecule has 3 N–H and O–H groups in total. The number of nitrogens with zero attached hydrogens (tertiary/aromatic N) is 1. The van der Waals surface area contributed by atoms with E-state index in [4.69, 9.17) is 9.15 Å². The maximum absolute atomic E-state index is 13.6. The maximum atomic E-state index is 13.6. The van der Waals surface area contributed by atoms with E-state index in [9.17, 15) is 19.6 Å². The summed E-state index contributed by atoms with van der Waals surface area (Å²) in [6.45, 7) is 5.84. The number of fused-ring (bicyclic) bond motifs is 1. The number of carbonyl (C=O) groups excluding carboxylic acids is 3. The van der Waals surface area contributed by atoms with Crippen LogP contribution in [-0.2, 0) is 33.6 Å². The van der Waals surface area contributed by atoms with E-state index in [0.717, 1.165) is 59.9 Å². The van der Waals surface area contributed by atoms with Crippen LogP contribution in [0.4, 0.5) is 10.7 Å². The number of hydrogen-bond donors (Lipinski definition) is 3. The van der Waals surface area contributed by atoms with Gasteiger partial charge in [-0.1, -0.05) is 30.8 Å². The smallest absolute Gasteiger partial charge is 0.341 e. The quantitative estimate of drug-likeness (QED) is 0.212. The van der Waals surface area contributed by atoms with E-state index in [2.05, 4.69) is 28.9 Å². The van der Waals surface area contributed by atoms with Gasteiger partial charge in [-0.05, 0) is 81.3 Å². The molecule has 1 aromatic carbocycles. The molecule has 44 heavy (non-hydrogen) atoms. The lowest BCUT2D eigenvalue weighted by molar-refractivity contribution is -0.114. The zero-order chi connectivity index (χ0) is 31.2. The van der Waals surface area contributed by atoms with Crippen LogP contribution in [-0.4, -0.2) is 30.1 Å². The van der Waals surface area contributed by atoms with E-state index in [1.54, 1.807) is 26.0 Å². The molecule has 1 atom stereocenters. The summed E-state index contributed by atoms with van der Waals surface area (Å²) in [6.07, 6.45) is 6.09. The summed E-state index contributed by atoms with van der Waals surface area (Å²) in [5, 5.41) is 20.3. The van der Waals surface area contributed by atoms with Crippen LogP contribution >= 0.6 is 23.1 Å². The van der Waals surface area contributed by atoms with E-state index >= 15 is 0 Å². The Hall–Kier alpha value is -4.27. The molecule has 0 saturated heterocycles. The molecule has 0 unspecified atom stereocenters. The number of dihydropyridines is 1. The number of rotatable bonds is 10. The van der Waals surface area contributed by atoms with Gasteiger partial charge >= 0.3 is 5.97 Å². The van der Waals surface area contributed by atoms with Gasteiger partial charge in [0.2, 0.25) is 5.91 Å². The summed E-state index contributed by atoms with van der Waals surface area (Å²) in [6, 6.07) is 13.3. The van der Waals surface area contributed by atoms with Crippen LogP contribution in [0, 0.1) is 11.3 Å². The lowest BCUT2D eigenvalue weighted by Gasteiger charge is -2.28. The largest absolute Gasteiger partial charge is 0.468 e. The molecular weight excluding hydrogens is 597 g/mol. The van der Waals surface area contributed by atoms with Crippen molar-refractivity contribution in [3.05, 3.63) is 91.9 Å². The van der Waals surface area contributed by atoms with Gasteiger partial charge < -0.3 is 25.1 Å². The lowest BCUT2D eigenvalue weighted by atomic mass is 9.85. The number of thiophene rings is 1. The minimum Gasteiger partial charge on any atom is -0.468 e. The number of anilines is 2. The Morgan fingerprint density at radius 1 is 1.14 bits per heavy atom. The van der Waals surface area contributed by atoms with Gasteiger partial charge in [0.05, 0.1) is 52.3 Å². The molecule has 0 bridgehead atoms. The normalized spacial score (nSPS) is 16.1. The minimum atomic E-state index is -0.767. The Kier molecular flexibility index (Phi) is 9.92. The summed E-state index contributed by atoms with van der Waals surface area (Å²) in [7, 11) is 0. The number of benzene rings is 1. The van der Waals surface area contributed by atoms with Gasteiger partial charge in [-0.15, -0.1) is 11.3 Å². The molecule has 2 aliphatic rings. The highest BCUT2D eigenvalue weighted by atomic mass is 32.2. The van der Waals surface area contributed by atoms with E-state index < -0.39 is 11.9 Å². The number of ether oxygens (including phenoxy) is 1. The summed E-state index contributed by atoms with van der Waals surface area (Å²) < 4.78 is 11.0. The van der Waals surface area contributed by atoms with Crippen LogP contribution in [0.5, 0.6) is 0 Å². The predicted molar refractivity (Wildman–Crippen MR) is 172 cm³/mol. The van der Waals surface area contributed by atoms with Crippen molar-refractivity contribution in [2.24, 2.45) is 0 Å². The van der Waals surface area contributed by atoms with Gasteiger partial charge in [0.1, 0.15) is 10.8 Å². The fourth-order valence-corrected chi connectivity index (χ4v) is 7.65. The molecule has 0 radical (unpaired) electrons. The van der Waals surface area contributed by atoms with Crippen LogP contribution in [0.1, 0.15) is 71.7 Å². The zero-order valence-electron chi connectivity index (χ0n) is 24.9. The molecule has 0 spiro atoms. The molecule has 3 heterocycles. The third-order valence-electron chi connectivity index (χ3n) is 7.59. The first kappa shape index (κ1) is 31.2. The van der Waals surface area contributed by atoms with E-state index in [0.29, 0.717) is 38.3 Å². The van der Waals surface area contributed by atoms with Crippen LogP contribution in [0.25, 0.3) is 0 Å². The average molecular weight is 631 g/mol. The Bertz CT molecular complexity index is 1660. The van der Waals surface area contributed by atoms with E-state index in [-0.39, 0.29) is 29.7 Å². The Morgan fingerprint density at radius 3 is 2.59 bits per heavy atom. The molecule has 0 saturated carbocycles. The van der Waals surface area contributed by atoms with Crippen LogP contribution < -0.4 is 16.0 Å². The predicted octanol–water partition coefficient (Wildman–Crippen LogP) is 6.67. The first-order chi connectivity index (χ1) is 21.3. The highest BCUT2D eigenvalue weighted by Crippen LogP contribution is 2.42. The number of esters is 1. The van der Waals surface area contributed by atoms with Gasteiger partial charge in [0, 0.05) is 16.3 Å². The monoisotopic (exact) mass is 630 g/mol. The topological polar surface area (TPSA) is 133 Å². The third kappa shape index (κ3) is 6.61. The molecule has 2 aromatic heterocycles. The Balaban J connectivity index is 1.36. The molecule has 0 fully saturated rings. The molecule has 1 aliphatic carbocycles. The Labute approximate surface area is 264 Å². The summed E-state index contributed by atoms with van der Waals surface area (Å²) >= 11 is 2.59. The van der Waals surface area contributed by atoms with Crippen molar-refractivity contribution < 1.29 is 23.5 Å². The second kappa shape index (κ2) is 14.0. The highest BCUT2D eigenvalue weighted by molar-refractivity contribution is 8.03. The van der Waals surface area contributed by atoms with Crippen molar-refractivity contribution in [1.82, 2.24) is 5.32 Å². The van der Waals surface area contributed by atoms with Gasteiger partial charge in [-0.3, -0.25) is 9.59 Å². The number of aryl methyl sites for hydroxylation is 2.